The van der Waals surface area contributed by atoms with Gasteiger partial charge in [0.05, 0.1) is 5.69 Å². The molecular weight excluding hydrogens is 404 g/mol. The number of halogens is 1. The molecule has 1 aliphatic rings. The van der Waals surface area contributed by atoms with Crippen LogP contribution in [0.4, 0.5) is 10.5 Å². The number of para-hydroxylation sites is 1. The lowest BCUT2D eigenvalue weighted by Crippen LogP contribution is -2.49. The Bertz CT molecular complexity index is 851. The van der Waals surface area contributed by atoms with Crippen LogP contribution < -0.4 is 4.90 Å². The molecule has 1 aliphatic heterocycles. The second-order valence-electron chi connectivity index (χ2n) is 7.79. The van der Waals surface area contributed by atoms with Gasteiger partial charge in [-0.05, 0) is 37.6 Å². The smallest absolute Gasteiger partial charge is 0.411 e. The number of ether oxygens (including phenoxy) is 1. The standard InChI is InChI=1S/C23H29ClN2O2S/c1-16(2)22(24)28-23(27)26-13-11-25(12-14-26)19-7-5-6-8-21(19)29-20-10-9-17(3)15-18(20)4/h5-10,15-16,22H,11-14H2,1-4H3. The van der Waals surface area contributed by atoms with Gasteiger partial charge in [-0.15, -0.1) is 0 Å². The Morgan fingerprint density at radius 3 is 2.38 bits per heavy atom. The molecule has 1 unspecified atom stereocenters. The zero-order chi connectivity index (χ0) is 21.0. The zero-order valence-corrected chi connectivity index (χ0v) is 19.1. The molecule has 1 atom stereocenters. The minimum absolute atomic E-state index is 0.0936. The van der Waals surface area contributed by atoms with E-state index in [9.17, 15) is 4.79 Å². The summed E-state index contributed by atoms with van der Waals surface area (Å²) < 4.78 is 5.35. The highest BCUT2D eigenvalue weighted by Crippen LogP contribution is 2.37. The minimum atomic E-state index is -0.588. The summed E-state index contributed by atoms with van der Waals surface area (Å²) in [5, 5.41) is 0. The number of aryl methyl sites for hydroxylation is 2. The fourth-order valence-corrected chi connectivity index (χ4v) is 4.39. The Hall–Kier alpha value is -1.85. The molecule has 1 heterocycles. The first-order valence-corrected chi connectivity index (χ1v) is 11.3. The third kappa shape index (κ3) is 5.61. The normalized spacial score (nSPS) is 15.5. The van der Waals surface area contributed by atoms with Crippen LogP contribution >= 0.6 is 23.4 Å². The van der Waals surface area contributed by atoms with Crippen molar-refractivity contribution in [3.05, 3.63) is 53.6 Å². The Labute approximate surface area is 183 Å². The average molecular weight is 433 g/mol. The van der Waals surface area contributed by atoms with Crippen molar-refractivity contribution in [2.75, 3.05) is 31.1 Å². The average Bonchev–Trinajstić information content (AvgIpc) is 2.70. The number of carbonyl (C=O) groups excluding carboxylic acids is 1. The van der Waals surface area contributed by atoms with Crippen molar-refractivity contribution in [2.45, 2.75) is 43.0 Å². The third-order valence-electron chi connectivity index (χ3n) is 5.03. The molecular formula is C23H29ClN2O2S. The van der Waals surface area contributed by atoms with Crippen molar-refractivity contribution in [3.63, 3.8) is 0 Å². The molecule has 0 aliphatic carbocycles. The zero-order valence-electron chi connectivity index (χ0n) is 17.5. The lowest BCUT2D eigenvalue weighted by Gasteiger charge is -2.36. The van der Waals surface area contributed by atoms with E-state index in [1.54, 1.807) is 16.7 Å². The number of carbonyl (C=O) groups is 1. The van der Waals surface area contributed by atoms with E-state index >= 15 is 0 Å². The van der Waals surface area contributed by atoms with Crippen LogP contribution in [0.5, 0.6) is 0 Å². The van der Waals surface area contributed by atoms with E-state index in [0.717, 1.165) is 13.1 Å². The van der Waals surface area contributed by atoms with Crippen molar-refractivity contribution < 1.29 is 9.53 Å². The Kier molecular flexibility index (Phi) is 7.36. The highest BCUT2D eigenvalue weighted by molar-refractivity contribution is 7.99. The van der Waals surface area contributed by atoms with E-state index in [1.165, 1.54) is 26.6 Å². The van der Waals surface area contributed by atoms with Crippen LogP contribution in [0.1, 0.15) is 25.0 Å². The number of nitrogens with zero attached hydrogens (tertiary/aromatic N) is 2. The minimum Gasteiger partial charge on any atom is -0.429 e. The molecule has 6 heteroatoms. The summed E-state index contributed by atoms with van der Waals surface area (Å²) in [7, 11) is 0. The summed E-state index contributed by atoms with van der Waals surface area (Å²) in [5.41, 5.74) is 3.19. The predicted molar refractivity (Wildman–Crippen MR) is 121 cm³/mol. The SMILES string of the molecule is Cc1ccc(Sc2ccccc2N2CCN(C(=O)OC(Cl)C(C)C)CC2)c(C)c1. The number of rotatable bonds is 5. The Morgan fingerprint density at radius 1 is 1.03 bits per heavy atom. The van der Waals surface area contributed by atoms with Crippen LogP contribution in [0.15, 0.2) is 52.3 Å². The highest BCUT2D eigenvalue weighted by atomic mass is 35.5. The summed E-state index contributed by atoms with van der Waals surface area (Å²) in [6.45, 7) is 11.0. The second kappa shape index (κ2) is 9.77. The molecule has 4 nitrogen and oxygen atoms in total. The third-order valence-corrected chi connectivity index (χ3v) is 6.87. The summed E-state index contributed by atoms with van der Waals surface area (Å²) in [5.74, 6) is 0.0936. The number of anilines is 1. The lowest BCUT2D eigenvalue weighted by molar-refractivity contribution is 0.0748. The van der Waals surface area contributed by atoms with Crippen molar-refractivity contribution in [3.8, 4) is 0 Å². The quantitative estimate of drug-likeness (QED) is 0.548. The van der Waals surface area contributed by atoms with Gasteiger partial charge < -0.3 is 14.5 Å². The van der Waals surface area contributed by atoms with Gasteiger partial charge in [0, 0.05) is 41.9 Å². The van der Waals surface area contributed by atoms with Crippen LogP contribution in [-0.2, 0) is 4.74 Å². The fraction of sp³-hybridized carbons (Fsp3) is 0.435. The van der Waals surface area contributed by atoms with Crippen LogP contribution in [0.25, 0.3) is 0 Å². The summed E-state index contributed by atoms with van der Waals surface area (Å²) in [6.07, 6.45) is -0.323. The van der Waals surface area contributed by atoms with Gasteiger partial charge in [-0.2, -0.15) is 0 Å². The van der Waals surface area contributed by atoms with Gasteiger partial charge in [0.2, 0.25) is 0 Å². The van der Waals surface area contributed by atoms with Crippen molar-refractivity contribution >= 4 is 35.1 Å². The number of hydrogen-bond donors (Lipinski definition) is 0. The largest absolute Gasteiger partial charge is 0.429 e. The molecule has 29 heavy (non-hydrogen) atoms. The van der Waals surface area contributed by atoms with Gasteiger partial charge in [0.15, 0.2) is 5.56 Å². The fourth-order valence-electron chi connectivity index (χ4n) is 3.27. The Morgan fingerprint density at radius 2 is 1.72 bits per heavy atom. The molecule has 2 aromatic rings. The van der Waals surface area contributed by atoms with Gasteiger partial charge in [0.25, 0.3) is 0 Å². The predicted octanol–water partition coefficient (Wildman–Crippen LogP) is 5.93. The molecule has 3 rings (SSSR count). The Balaban J connectivity index is 1.66. The number of hydrogen-bond acceptors (Lipinski definition) is 4. The van der Waals surface area contributed by atoms with Gasteiger partial charge in [-0.3, -0.25) is 0 Å². The first-order valence-electron chi connectivity index (χ1n) is 10.0. The van der Waals surface area contributed by atoms with Crippen LogP contribution in [0.3, 0.4) is 0 Å². The summed E-state index contributed by atoms with van der Waals surface area (Å²) in [4.78, 5) is 18.9. The van der Waals surface area contributed by atoms with Crippen molar-refractivity contribution in [2.24, 2.45) is 5.92 Å². The molecule has 0 N–H and O–H groups in total. The first-order chi connectivity index (χ1) is 13.8. The van der Waals surface area contributed by atoms with Gasteiger partial charge >= 0.3 is 6.09 Å². The highest BCUT2D eigenvalue weighted by Gasteiger charge is 2.26. The molecule has 156 valence electrons. The van der Waals surface area contributed by atoms with Crippen molar-refractivity contribution in [1.82, 2.24) is 4.90 Å². The maximum atomic E-state index is 12.3. The molecule has 0 radical (unpaired) electrons. The van der Waals surface area contributed by atoms with E-state index in [2.05, 4.69) is 61.2 Å². The van der Waals surface area contributed by atoms with Crippen LogP contribution in [-0.4, -0.2) is 42.7 Å². The van der Waals surface area contributed by atoms with E-state index in [1.807, 2.05) is 13.8 Å². The van der Waals surface area contributed by atoms with E-state index in [0.29, 0.717) is 13.1 Å². The van der Waals surface area contributed by atoms with Crippen LogP contribution in [0.2, 0.25) is 0 Å². The van der Waals surface area contributed by atoms with Gasteiger partial charge in [0.1, 0.15) is 0 Å². The van der Waals surface area contributed by atoms with Gasteiger partial charge in [-0.1, -0.05) is 67.0 Å². The summed E-state index contributed by atoms with van der Waals surface area (Å²) in [6, 6.07) is 15.0. The molecule has 1 saturated heterocycles. The molecule has 1 amide bonds. The van der Waals surface area contributed by atoms with E-state index in [4.69, 9.17) is 16.3 Å². The lowest BCUT2D eigenvalue weighted by atomic mass is 10.2. The van der Waals surface area contributed by atoms with E-state index in [-0.39, 0.29) is 12.0 Å². The van der Waals surface area contributed by atoms with Crippen molar-refractivity contribution in [1.29, 1.82) is 0 Å². The number of alkyl halides is 1. The van der Waals surface area contributed by atoms with E-state index < -0.39 is 5.56 Å². The number of benzene rings is 2. The first kappa shape index (κ1) is 21.8. The van der Waals surface area contributed by atoms with Gasteiger partial charge in [-0.25, -0.2) is 4.79 Å². The molecule has 2 aromatic carbocycles. The molecule has 0 aromatic heterocycles. The number of piperazine rings is 1. The number of amides is 1. The topological polar surface area (TPSA) is 32.8 Å². The second-order valence-corrected chi connectivity index (χ2v) is 9.31. The molecule has 0 spiro atoms. The maximum absolute atomic E-state index is 12.3. The molecule has 1 fully saturated rings. The summed E-state index contributed by atoms with van der Waals surface area (Å²) >= 11 is 7.89. The maximum Gasteiger partial charge on any atom is 0.411 e. The van der Waals surface area contributed by atoms with Crippen LogP contribution in [0, 0.1) is 19.8 Å². The molecule has 0 saturated carbocycles. The monoisotopic (exact) mass is 432 g/mol. The molecule has 0 bridgehead atoms.